The molecule has 1 aliphatic heterocycles. The van der Waals surface area contributed by atoms with Crippen molar-refractivity contribution in [2.75, 3.05) is 6.54 Å². The first kappa shape index (κ1) is 11.4. The predicted molar refractivity (Wildman–Crippen MR) is 65.9 cm³/mol. The predicted octanol–water partition coefficient (Wildman–Crippen LogP) is 1.69. The second-order valence-corrected chi connectivity index (χ2v) is 4.59. The van der Waals surface area contributed by atoms with E-state index in [1.165, 1.54) is 0 Å². The van der Waals surface area contributed by atoms with Gasteiger partial charge in [0.1, 0.15) is 0 Å². The van der Waals surface area contributed by atoms with Crippen LogP contribution in [-0.2, 0) is 6.54 Å². The van der Waals surface area contributed by atoms with Gasteiger partial charge in [0.2, 0.25) is 11.7 Å². The van der Waals surface area contributed by atoms with Crippen LogP contribution in [0.4, 0.5) is 0 Å². The summed E-state index contributed by atoms with van der Waals surface area (Å²) in [6, 6.07) is 0.216. The summed E-state index contributed by atoms with van der Waals surface area (Å²) >= 11 is 0. The summed E-state index contributed by atoms with van der Waals surface area (Å²) < 4.78 is 7.22. The summed E-state index contributed by atoms with van der Waals surface area (Å²) in [6.07, 6.45) is 4.19. The third-order valence-corrected chi connectivity index (χ3v) is 3.31. The Bertz CT molecular complexity index is 538. The minimum absolute atomic E-state index is 0.216. The van der Waals surface area contributed by atoms with Crippen LogP contribution in [0, 0.1) is 6.92 Å². The van der Waals surface area contributed by atoms with Crippen LogP contribution in [0.3, 0.4) is 0 Å². The minimum Gasteiger partial charge on any atom is -0.337 e. The van der Waals surface area contributed by atoms with Crippen molar-refractivity contribution in [3.63, 3.8) is 0 Å². The van der Waals surface area contributed by atoms with Gasteiger partial charge in [-0.2, -0.15) is 10.1 Å². The fourth-order valence-corrected chi connectivity index (χ4v) is 2.28. The van der Waals surface area contributed by atoms with E-state index >= 15 is 0 Å². The molecule has 3 rings (SSSR count). The first-order valence-corrected chi connectivity index (χ1v) is 6.39. The maximum atomic E-state index is 5.34. The zero-order valence-corrected chi connectivity index (χ0v) is 10.7. The number of nitrogens with one attached hydrogen (secondary N) is 1. The van der Waals surface area contributed by atoms with Crippen LogP contribution < -0.4 is 5.32 Å². The van der Waals surface area contributed by atoms with Crippen molar-refractivity contribution >= 4 is 0 Å². The monoisotopic (exact) mass is 247 g/mol. The van der Waals surface area contributed by atoms with Crippen LogP contribution in [-0.4, -0.2) is 26.5 Å². The third-order valence-electron chi connectivity index (χ3n) is 3.31. The van der Waals surface area contributed by atoms with E-state index in [0.717, 1.165) is 37.2 Å². The molecule has 96 valence electrons. The van der Waals surface area contributed by atoms with Crippen LogP contribution in [0.25, 0.3) is 11.4 Å². The van der Waals surface area contributed by atoms with E-state index in [9.17, 15) is 0 Å². The summed E-state index contributed by atoms with van der Waals surface area (Å²) in [5.74, 6) is 1.32. The van der Waals surface area contributed by atoms with Crippen LogP contribution in [0.15, 0.2) is 10.7 Å². The highest BCUT2D eigenvalue weighted by molar-refractivity contribution is 5.56. The normalized spacial score (nSPS) is 19.6. The summed E-state index contributed by atoms with van der Waals surface area (Å²) in [5.41, 5.74) is 1.88. The first-order chi connectivity index (χ1) is 8.78. The summed E-state index contributed by atoms with van der Waals surface area (Å²) in [4.78, 5) is 4.48. The lowest BCUT2D eigenvalue weighted by Crippen LogP contribution is -2.12. The van der Waals surface area contributed by atoms with Gasteiger partial charge in [-0.05, 0) is 33.2 Å². The van der Waals surface area contributed by atoms with Gasteiger partial charge < -0.3 is 9.84 Å². The zero-order valence-electron chi connectivity index (χ0n) is 10.7. The summed E-state index contributed by atoms with van der Waals surface area (Å²) in [5, 5.41) is 11.8. The van der Waals surface area contributed by atoms with Crippen molar-refractivity contribution in [2.45, 2.75) is 39.3 Å². The maximum absolute atomic E-state index is 5.34. The highest BCUT2D eigenvalue weighted by Gasteiger charge is 2.23. The van der Waals surface area contributed by atoms with Gasteiger partial charge in [0, 0.05) is 12.7 Å². The molecule has 1 saturated heterocycles. The molecule has 0 saturated carbocycles. The minimum atomic E-state index is 0.216. The molecular formula is C12H17N5O. The second kappa shape index (κ2) is 4.53. The molecule has 1 fully saturated rings. The highest BCUT2D eigenvalue weighted by atomic mass is 16.5. The van der Waals surface area contributed by atoms with Crippen molar-refractivity contribution in [3.05, 3.63) is 17.8 Å². The Balaban J connectivity index is 1.89. The van der Waals surface area contributed by atoms with E-state index in [1.807, 2.05) is 17.8 Å². The Morgan fingerprint density at radius 2 is 2.44 bits per heavy atom. The molecular weight excluding hydrogens is 230 g/mol. The van der Waals surface area contributed by atoms with Gasteiger partial charge in [-0.15, -0.1) is 0 Å². The lowest BCUT2D eigenvalue weighted by molar-refractivity contribution is 0.345. The van der Waals surface area contributed by atoms with Crippen molar-refractivity contribution in [2.24, 2.45) is 0 Å². The third kappa shape index (κ3) is 1.92. The SMILES string of the molecule is CCn1cc(-c2noc([C@@H]3CCCN3)n2)c(C)n1. The molecule has 3 heterocycles. The highest BCUT2D eigenvalue weighted by Crippen LogP contribution is 2.25. The molecule has 0 aromatic carbocycles. The summed E-state index contributed by atoms with van der Waals surface area (Å²) in [6.45, 7) is 5.89. The zero-order chi connectivity index (χ0) is 12.5. The van der Waals surface area contributed by atoms with Crippen LogP contribution in [0.1, 0.15) is 37.4 Å². The lowest BCUT2D eigenvalue weighted by Gasteiger charge is -2.01. The van der Waals surface area contributed by atoms with E-state index in [2.05, 4.69) is 27.5 Å². The number of hydrogen-bond donors (Lipinski definition) is 1. The van der Waals surface area contributed by atoms with Crippen LogP contribution >= 0.6 is 0 Å². The molecule has 2 aromatic rings. The van der Waals surface area contributed by atoms with E-state index in [4.69, 9.17) is 4.52 Å². The molecule has 0 unspecified atom stereocenters. The van der Waals surface area contributed by atoms with Gasteiger partial charge in [-0.1, -0.05) is 5.16 Å². The van der Waals surface area contributed by atoms with Crippen LogP contribution in [0.2, 0.25) is 0 Å². The number of hydrogen-bond acceptors (Lipinski definition) is 5. The Morgan fingerprint density at radius 3 is 3.11 bits per heavy atom. The molecule has 0 radical (unpaired) electrons. The molecule has 6 nitrogen and oxygen atoms in total. The van der Waals surface area contributed by atoms with E-state index in [1.54, 1.807) is 0 Å². The fourth-order valence-electron chi connectivity index (χ4n) is 2.28. The Morgan fingerprint density at radius 1 is 1.56 bits per heavy atom. The molecule has 1 atom stereocenters. The molecule has 1 N–H and O–H groups in total. The number of aryl methyl sites for hydroxylation is 2. The molecule has 1 aliphatic rings. The van der Waals surface area contributed by atoms with Crippen molar-refractivity contribution in [1.29, 1.82) is 0 Å². The van der Waals surface area contributed by atoms with Crippen molar-refractivity contribution < 1.29 is 4.52 Å². The second-order valence-electron chi connectivity index (χ2n) is 4.59. The number of rotatable bonds is 3. The molecule has 0 bridgehead atoms. The smallest absolute Gasteiger partial charge is 0.244 e. The van der Waals surface area contributed by atoms with Gasteiger partial charge in [0.25, 0.3) is 0 Å². The summed E-state index contributed by atoms with van der Waals surface area (Å²) in [7, 11) is 0. The number of nitrogens with zero attached hydrogens (tertiary/aromatic N) is 4. The van der Waals surface area contributed by atoms with Crippen LogP contribution in [0.5, 0.6) is 0 Å². The molecule has 0 spiro atoms. The quantitative estimate of drug-likeness (QED) is 0.893. The standard InChI is InChI=1S/C12H17N5O/c1-3-17-7-9(8(2)15-17)11-14-12(18-16-11)10-5-4-6-13-10/h7,10,13H,3-6H2,1-2H3/t10-/m0/s1. The van der Waals surface area contributed by atoms with Gasteiger partial charge in [0.05, 0.1) is 17.3 Å². The fraction of sp³-hybridized carbons (Fsp3) is 0.583. The van der Waals surface area contributed by atoms with Gasteiger partial charge in [0.15, 0.2) is 0 Å². The van der Waals surface area contributed by atoms with Gasteiger partial charge in [-0.25, -0.2) is 0 Å². The lowest BCUT2D eigenvalue weighted by atomic mass is 10.2. The molecule has 2 aromatic heterocycles. The number of aromatic nitrogens is 4. The Labute approximate surface area is 105 Å². The van der Waals surface area contributed by atoms with Crippen molar-refractivity contribution in [3.8, 4) is 11.4 Å². The van der Waals surface area contributed by atoms with Crippen molar-refractivity contribution in [1.82, 2.24) is 25.2 Å². The van der Waals surface area contributed by atoms with Gasteiger partial charge in [-0.3, -0.25) is 4.68 Å². The largest absolute Gasteiger partial charge is 0.337 e. The van der Waals surface area contributed by atoms with E-state index < -0.39 is 0 Å². The topological polar surface area (TPSA) is 68.8 Å². The Hall–Kier alpha value is -1.69. The molecule has 0 amide bonds. The molecule has 0 aliphatic carbocycles. The first-order valence-electron chi connectivity index (χ1n) is 6.39. The average molecular weight is 247 g/mol. The van der Waals surface area contributed by atoms with E-state index in [-0.39, 0.29) is 6.04 Å². The molecule has 6 heteroatoms. The Kier molecular flexibility index (Phi) is 2.87. The molecule has 18 heavy (non-hydrogen) atoms. The maximum Gasteiger partial charge on any atom is 0.244 e. The average Bonchev–Trinajstić information content (AvgIpc) is 3.08. The van der Waals surface area contributed by atoms with E-state index in [0.29, 0.717) is 11.7 Å². The van der Waals surface area contributed by atoms with Gasteiger partial charge >= 0.3 is 0 Å².